The number of benzene rings is 4. The monoisotopic (exact) mass is 748 g/mol. The molecule has 0 heterocycles. The Morgan fingerprint density at radius 3 is 1.31 bits per heavy atom. The van der Waals surface area contributed by atoms with Gasteiger partial charge in [0.2, 0.25) is 12.1 Å². The number of amides is 2. The molecule has 2 atom stereocenters. The van der Waals surface area contributed by atoms with Crippen molar-refractivity contribution in [3.63, 3.8) is 0 Å². The van der Waals surface area contributed by atoms with Crippen molar-refractivity contribution in [2.45, 2.75) is 25.9 Å². The molecule has 0 aliphatic rings. The third kappa shape index (κ3) is 10.1. The van der Waals surface area contributed by atoms with Crippen LogP contribution in [-0.2, 0) is 19.2 Å². The van der Waals surface area contributed by atoms with E-state index in [1.807, 2.05) is 0 Å². The molecule has 0 aliphatic carbocycles. The van der Waals surface area contributed by atoms with Crippen LogP contribution < -0.4 is 29.6 Å². The molecular weight excluding hydrogens is 715 g/mol. The molecule has 270 valence electrons. The Morgan fingerprint density at radius 1 is 0.558 bits per heavy atom. The van der Waals surface area contributed by atoms with Gasteiger partial charge in [0, 0.05) is 47.8 Å². The maximum atomic E-state index is 13.0. The third-order valence-corrected chi connectivity index (χ3v) is 7.86. The molecule has 2 N–H and O–H groups in total. The first-order valence-electron chi connectivity index (χ1n) is 15.4. The van der Waals surface area contributed by atoms with Crippen molar-refractivity contribution < 1.29 is 38.1 Å². The Kier molecular flexibility index (Phi) is 13.4. The second-order valence-electron chi connectivity index (χ2n) is 11.0. The van der Waals surface area contributed by atoms with E-state index in [1.165, 1.54) is 42.3 Å². The predicted molar refractivity (Wildman–Crippen MR) is 196 cm³/mol. The van der Waals surface area contributed by atoms with E-state index in [-0.39, 0.29) is 15.7 Å². The lowest BCUT2D eigenvalue weighted by Crippen LogP contribution is -2.31. The second kappa shape index (κ2) is 17.9. The summed E-state index contributed by atoms with van der Waals surface area (Å²) in [6, 6.07) is 16.5. The molecule has 2 amide bonds. The topological polar surface area (TPSA) is 179 Å². The summed E-state index contributed by atoms with van der Waals surface area (Å²) < 4.78 is 20.9. The number of hydrogen-bond donors (Lipinski definition) is 2. The standard InChI is InChI=1S/C36H34Cl2N6O8/c1-19(45)32(35(47)39-24-13-26(49-3)17-27(14-24)50-4)42-41-23-9-7-21(8-10-23)22-11-30(37)34(31(38)12-22)44-43-33(20(2)46)36(48)40-25-15-28(51-5)18-29(16-25)52-6/h7-18,32-33H,1-6H3,(H,39,47)(H,40,48). The van der Waals surface area contributed by atoms with E-state index in [0.717, 1.165) is 0 Å². The molecule has 4 aromatic carbocycles. The number of hydrogen-bond acceptors (Lipinski definition) is 12. The Balaban J connectivity index is 1.47. The molecule has 0 aromatic heterocycles. The molecule has 0 spiro atoms. The van der Waals surface area contributed by atoms with Gasteiger partial charge < -0.3 is 29.6 Å². The molecule has 0 radical (unpaired) electrons. The SMILES string of the molecule is COc1cc(NC(=O)C(N=Nc2ccc(-c3cc(Cl)c(N=NC(C(C)=O)C(=O)Nc4cc(OC)cc(OC)c4)c(Cl)c3)cc2)C(C)=O)cc(OC)c1. The minimum atomic E-state index is -1.50. The maximum absolute atomic E-state index is 13.0. The maximum Gasteiger partial charge on any atom is 0.258 e. The zero-order chi connectivity index (χ0) is 37.9. The molecule has 4 aromatic rings. The number of azo groups is 2. The van der Waals surface area contributed by atoms with Crippen LogP contribution in [0.4, 0.5) is 22.7 Å². The fourth-order valence-corrected chi connectivity index (χ4v) is 5.17. The summed E-state index contributed by atoms with van der Waals surface area (Å²) in [4.78, 5) is 50.6. The average Bonchev–Trinajstić information content (AvgIpc) is 3.12. The van der Waals surface area contributed by atoms with Crippen molar-refractivity contribution in [2.75, 3.05) is 39.1 Å². The van der Waals surface area contributed by atoms with Crippen LogP contribution in [0.25, 0.3) is 11.1 Å². The number of rotatable bonds is 15. The number of Topliss-reactive ketones (excluding diaryl/α,β-unsaturated/α-hetero) is 2. The lowest BCUT2D eigenvalue weighted by Gasteiger charge is -2.12. The number of methoxy groups -OCH3 is 4. The highest BCUT2D eigenvalue weighted by atomic mass is 35.5. The summed E-state index contributed by atoms with van der Waals surface area (Å²) in [5, 5.41) is 21.6. The molecular formula is C36H34Cl2N6O8. The Labute approximate surface area is 309 Å². The van der Waals surface area contributed by atoms with Gasteiger partial charge in [-0.1, -0.05) is 35.3 Å². The smallest absolute Gasteiger partial charge is 0.258 e. The van der Waals surface area contributed by atoms with Gasteiger partial charge in [0.15, 0.2) is 11.6 Å². The summed E-state index contributed by atoms with van der Waals surface area (Å²) in [6.45, 7) is 2.45. The minimum Gasteiger partial charge on any atom is -0.497 e. The minimum absolute atomic E-state index is 0.0561. The Bertz CT molecular complexity index is 1970. The molecule has 0 bridgehead atoms. The summed E-state index contributed by atoms with van der Waals surface area (Å²) >= 11 is 13.0. The van der Waals surface area contributed by atoms with Gasteiger partial charge in [-0.2, -0.15) is 20.5 Å². The second-order valence-corrected chi connectivity index (χ2v) is 11.8. The van der Waals surface area contributed by atoms with Gasteiger partial charge in [0.1, 0.15) is 28.7 Å². The number of ketones is 2. The number of ether oxygens (including phenoxy) is 4. The van der Waals surface area contributed by atoms with Gasteiger partial charge in [-0.05, 0) is 49.2 Å². The molecule has 0 saturated heterocycles. The van der Waals surface area contributed by atoms with Crippen LogP contribution in [0.2, 0.25) is 10.0 Å². The number of nitrogens with one attached hydrogen (secondary N) is 2. The van der Waals surface area contributed by atoms with Crippen LogP contribution in [0.1, 0.15) is 13.8 Å². The largest absolute Gasteiger partial charge is 0.497 e. The van der Waals surface area contributed by atoms with Gasteiger partial charge >= 0.3 is 0 Å². The summed E-state index contributed by atoms with van der Waals surface area (Å²) in [5.41, 5.74) is 2.40. The fraction of sp³-hybridized carbons (Fsp3) is 0.222. The van der Waals surface area contributed by atoms with Crippen molar-refractivity contribution in [1.29, 1.82) is 0 Å². The average molecular weight is 750 g/mol. The fourth-order valence-electron chi connectivity index (χ4n) is 4.61. The van der Waals surface area contributed by atoms with Crippen molar-refractivity contribution in [1.82, 2.24) is 0 Å². The van der Waals surface area contributed by atoms with Gasteiger partial charge in [-0.3, -0.25) is 19.2 Å². The van der Waals surface area contributed by atoms with Crippen molar-refractivity contribution in [3.8, 4) is 34.1 Å². The lowest BCUT2D eigenvalue weighted by molar-refractivity contribution is -0.127. The van der Waals surface area contributed by atoms with E-state index in [9.17, 15) is 19.2 Å². The molecule has 16 heteroatoms. The number of anilines is 2. The highest BCUT2D eigenvalue weighted by molar-refractivity contribution is 6.39. The molecule has 4 rings (SSSR count). The van der Waals surface area contributed by atoms with Crippen molar-refractivity contribution >= 4 is 69.3 Å². The summed E-state index contributed by atoms with van der Waals surface area (Å²) in [6.07, 6.45) is 0. The quantitative estimate of drug-likeness (QED) is 0.0905. The van der Waals surface area contributed by atoms with Crippen LogP contribution in [0, 0.1) is 0 Å². The van der Waals surface area contributed by atoms with E-state index < -0.39 is 35.5 Å². The van der Waals surface area contributed by atoms with Crippen molar-refractivity contribution in [2.24, 2.45) is 20.5 Å². The van der Waals surface area contributed by atoms with Crippen LogP contribution in [0.5, 0.6) is 23.0 Å². The molecule has 0 saturated carbocycles. The molecule has 14 nitrogen and oxygen atoms in total. The van der Waals surface area contributed by atoms with E-state index in [0.29, 0.717) is 51.2 Å². The Morgan fingerprint density at radius 2 is 0.942 bits per heavy atom. The van der Waals surface area contributed by atoms with Gasteiger partial charge in [0.25, 0.3) is 11.8 Å². The third-order valence-electron chi connectivity index (χ3n) is 7.28. The van der Waals surface area contributed by atoms with E-state index in [2.05, 4.69) is 31.1 Å². The molecule has 0 fully saturated rings. The molecule has 2 unspecified atom stereocenters. The zero-order valence-electron chi connectivity index (χ0n) is 28.9. The number of carbonyl (C=O) groups is 4. The highest BCUT2D eigenvalue weighted by Crippen LogP contribution is 2.38. The predicted octanol–water partition coefficient (Wildman–Crippen LogP) is 8.05. The van der Waals surface area contributed by atoms with Crippen LogP contribution >= 0.6 is 23.2 Å². The normalized spacial score (nSPS) is 12.2. The Hall–Kier alpha value is -5.86. The highest BCUT2D eigenvalue weighted by Gasteiger charge is 2.25. The zero-order valence-corrected chi connectivity index (χ0v) is 30.4. The first kappa shape index (κ1) is 38.9. The first-order valence-corrected chi connectivity index (χ1v) is 16.1. The summed E-state index contributed by atoms with van der Waals surface area (Å²) in [7, 11) is 5.88. The van der Waals surface area contributed by atoms with Crippen LogP contribution in [0.15, 0.2) is 93.3 Å². The number of carbonyl (C=O) groups excluding carboxylic acids is 4. The van der Waals surface area contributed by atoms with Gasteiger partial charge in [-0.25, -0.2) is 0 Å². The van der Waals surface area contributed by atoms with Gasteiger partial charge in [0.05, 0.1) is 44.2 Å². The first-order chi connectivity index (χ1) is 24.8. The van der Waals surface area contributed by atoms with E-state index in [4.69, 9.17) is 42.1 Å². The van der Waals surface area contributed by atoms with Crippen molar-refractivity contribution in [3.05, 3.63) is 82.8 Å². The number of halogens is 2. The molecule has 0 aliphatic heterocycles. The summed E-state index contributed by atoms with van der Waals surface area (Å²) in [5.74, 6) is -0.729. The van der Waals surface area contributed by atoms with Crippen LogP contribution in [-0.4, -0.2) is 63.9 Å². The van der Waals surface area contributed by atoms with E-state index in [1.54, 1.807) is 72.8 Å². The van der Waals surface area contributed by atoms with E-state index >= 15 is 0 Å². The molecule has 52 heavy (non-hydrogen) atoms. The lowest BCUT2D eigenvalue weighted by atomic mass is 10.0. The van der Waals surface area contributed by atoms with Gasteiger partial charge in [-0.15, -0.1) is 0 Å². The number of nitrogens with zero attached hydrogens (tertiary/aromatic N) is 4. The van der Waals surface area contributed by atoms with Crippen LogP contribution in [0.3, 0.4) is 0 Å².